The standard InChI is InChI=1S/C29H32N8O3S/c1-17-6-4-7-18(16-17)21-19-8-2-3-9-20(19)31-24(38)23(32-21)34-28-36-35-25(40-28)22-26(37-12-14-39-15-13-37)41-27(33-22)29(30)10-5-11-29/h2-4,7-9,16-17,23H,5-6,10-15,30H2,1H3,(H,31,38)(H,34,36)/t17?,23-/m1/s1. The Bertz CT molecular complexity index is 1560. The van der Waals surface area contributed by atoms with Gasteiger partial charge in [0, 0.05) is 18.7 Å². The van der Waals surface area contributed by atoms with Gasteiger partial charge in [-0.3, -0.25) is 4.79 Å². The van der Waals surface area contributed by atoms with E-state index in [9.17, 15) is 4.79 Å². The van der Waals surface area contributed by atoms with Crippen LogP contribution in [-0.2, 0) is 15.1 Å². The smallest absolute Gasteiger partial charge is 0.317 e. The van der Waals surface area contributed by atoms with Gasteiger partial charge in [0.25, 0.3) is 11.8 Å². The van der Waals surface area contributed by atoms with Crippen LogP contribution < -0.4 is 21.3 Å². The molecule has 0 bridgehead atoms. The number of hydrogen-bond donors (Lipinski definition) is 3. The maximum Gasteiger partial charge on any atom is 0.317 e. The molecular weight excluding hydrogens is 540 g/mol. The molecule has 1 aromatic carbocycles. The molecular formula is C29H32N8O3S. The van der Waals surface area contributed by atoms with Crippen LogP contribution in [0.4, 0.5) is 16.7 Å². The maximum absolute atomic E-state index is 13.3. The lowest BCUT2D eigenvalue weighted by Gasteiger charge is -2.36. The average Bonchev–Trinajstić information content (AvgIpc) is 3.59. The maximum atomic E-state index is 13.3. The molecule has 2 aromatic heterocycles. The zero-order chi connectivity index (χ0) is 28.0. The summed E-state index contributed by atoms with van der Waals surface area (Å²) in [7, 11) is 0. The van der Waals surface area contributed by atoms with Crippen molar-refractivity contribution in [2.75, 3.05) is 41.8 Å². The Labute approximate surface area is 241 Å². The van der Waals surface area contributed by atoms with Gasteiger partial charge in [-0.25, -0.2) is 9.98 Å². The number of benzodiazepines with no additional fused rings is 1. The number of thiazole rings is 1. The van der Waals surface area contributed by atoms with Gasteiger partial charge >= 0.3 is 6.01 Å². The number of aliphatic imine (C=N–C) groups is 1. The fourth-order valence-corrected chi connectivity index (χ4v) is 6.76. The molecule has 7 rings (SSSR count). The number of benzene rings is 1. The summed E-state index contributed by atoms with van der Waals surface area (Å²) in [4.78, 5) is 25.3. The first-order chi connectivity index (χ1) is 20.0. The zero-order valence-corrected chi connectivity index (χ0v) is 23.6. The summed E-state index contributed by atoms with van der Waals surface area (Å²) in [6.07, 6.45) is 9.28. The highest BCUT2D eigenvalue weighted by atomic mass is 32.1. The van der Waals surface area contributed by atoms with Gasteiger partial charge < -0.3 is 30.4 Å². The minimum absolute atomic E-state index is 0.0873. The second-order valence-corrected chi connectivity index (χ2v) is 12.0. The number of nitrogens with zero attached hydrogens (tertiary/aromatic N) is 5. The summed E-state index contributed by atoms with van der Waals surface area (Å²) in [6.45, 7) is 4.93. The lowest BCUT2D eigenvalue weighted by molar-refractivity contribution is -0.116. The van der Waals surface area contributed by atoms with Gasteiger partial charge in [-0.2, -0.15) is 0 Å². The van der Waals surface area contributed by atoms with Crippen LogP contribution in [0.5, 0.6) is 0 Å². The number of ether oxygens (including phenoxy) is 1. The molecule has 1 saturated carbocycles. The SMILES string of the molecule is CC1C=C(C2=N[C@H](Nc3nnc(-c4nc(C5(N)CCC5)sc4N4CCOCC4)o3)C(=O)Nc3ccccc32)C=CC1. The number of nitrogens with one attached hydrogen (secondary N) is 2. The lowest BCUT2D eigenvalue weighted by Crippen LogP contribution is -2.43. The van der Waals surface area contributed by atoms with Crippen LogP contribution in [0, 0.1) is 5.92 Å². The molecule has 4 heterocycles. The minimum atomic E-state index is -0.982. The van der Waals surface area contributed by atoms with E-state index < -0.39 is 11.7 Å². The largest absolute Gasteiger partial charge is 0.402 e. The van der Waals surface area contributed by atoms with Crippen molar-refractivity contribution in [3.05, 3.63) is 58.6 Å². The van der Waals surface area contributed by atoms with Crippen molar-refractivity contribution in [2.24, 2.45) is 16.6 Å². The van der Waals surface area contributed by atoms with Crippen molar-refractivity contribution in [1.29, 1.82) is 0 Å². The van der Waals surface area contributed by atoms with Crippen molar-refractivity contribution in [3.63, 3.8) is 0 Å². The van der Waals surface area contributed by atoms with E-state index in [4.69, 9.17) is 24.9 Å². The number of para-hydroxylation sites is 1. The van der Waals surface area contributed by atoms with E-state index in [0.29, 0.717) is 30.5 Å². The van der Waals surface area contributed by atoms with E-state index in [0.717, 1.165) is 65.6 Å². The molecule has 12 heteroatoms. The molecule has 1 saturated heterocycles. The fraction of sp³-hybridized carbons (Fsp3) is 0.414. The monoisotopic (exact) mass is 572 g/mol. The first kappa shape index (κ1) is 26.1. The molecule has 2 fully saturated rings. The Hall–Kier alpha value is -3.87. The molecule has 2 aliphatic carbocycles. The van der Waals surface area contributed by atoms with E-state index in [1.54, 1.807) is 11.3 Å². The number of hydrogen-bond acceptors (Lipinski definition) is 11. The number of anilines is 3. The Kier molecular flexibility index (Phi) is 6.68. The molecule has 4 N–H and O–H groups in total. The van der Waals surface area contributed by atoms with Crippen molar-refractivity contribution in [2.45, 2.75) is 44.3 Å². The molecule has 1 unspecified atom stereocenters. The van der Waals surface area contributed by atoms with Crippen molar-refractivity contribution in [3.8, 4) is 11.6 Å². The molecule has 0 radical (unpaired) electrons. The van der Waals surface area contributed by atoms with Crippen LogP contribution in [0.15, 0.2) is 57.5 Å². The van der Waals surface area contributed by atoms with Crippen LogP contribution in [0.2, 0.25) is 0 Å². The molecule has 1 amide bonds. The summed E-state index contributed by atoms with van der Waals surface area (Å²) in [5, 5.41) is 16.4. The fourth-order valence-electron chi connectivity index (χ4n) is 5.49. The minimum Gasteiger partial charge on any atom is -0.402 e. The van der Waals surface area contributed by atoms with Gasteiger partial charge in [0.05, 0.1) is 30.2 Å². The van der Waals surface area contributed by atoms with Gasteiger partial charge in [0.2, 0.25) is 6.17 Å². The highest BCUT2D eigenvalue weighted by Crippen LogP contribution is 2.46. The van der Waals surface area contributed by atoms with Gasteiger partial charge in [-0.15, -0.1) is 5.10 Å². The van der Waals surface area contributed by atoms with Crippen molar-refractivity contribution >= 4 is 39.7 Å². The molecule has 4 aliphatic rings. The summed E-state index contributed by atoms with van der Waals surface area (Å²) >= 11 is 1.59. The highest BCUT2D eigenvalue weighted by Gasteiger charge is 2.39. The number of fused-ring (bicyclic) bond motifs is 1. The van der Waals surface area contributed by atoms with E-state index in [2.05, 4.69) is 50.9 Å². The first-order valence-electron chi connectivity index (χ1n) is 14.1. The molecule has 41 heavy (non-hydrogen) atoms. The number of carbonyl (C=O) groups excluding carboxylic acids is 1. The Morgan fingerprint density at radius 3 is 2.80 bits per heavy atom. The number of carbonyl (C=O) groups is 1. The van der Waals surface area contributed by atoms with E-state index >= 15 is 0 Å². The Balaban J connectivity index is 1.21. The van der Waals surface area contributed by atoms with E-state index in [1.165, 1.54) is 0 Å². The summed E-state index contributed by atoms with van der Waals surface area (Å²) < 4.78 is 11.6. The number of allylic oxidation sites excluding steroid dienone is 4. The normalized spacial score (nSPS) is 23.6. The molecule has 2 atom stereocenters. The molecule has 0 spiro atoms. The second-order valence-electron chi connectivity index (χ2n) is 11.0. The van der Waals surface area contributed by atoms with Gasteiger partial charge in [-0.1, -0.05) is 59.8 Å². The van der Waals surface area contributed by atoms with Crippen molar-refractivity contribution in [1.82, 2.24) is 15.2 Å². The zero-order valence-electron chi connectivity index (χ0n) is 22.8. The molecule has 2 aliphatic heterocycles. The third-order valence-corrected chi connectivity index (χ3v) is 9.29. The van der Waals surface area contributed by atoms with Crippen LogP contribution in [0.3, 0.4) is 0 Å². The summed E-state index contributed by atoms with van der Waals surface area (Å²) in [5.41, 5.74) is 10.1. The topological polar surface area (TPSA) is 144 Å². The summed E-state index contributed by atoms with van der Waals surface area (Å²) in [6, 6.07) is 7.77. The quantitative estimate of drug-likeness (QED) is 0.398. The van der Waals surface area contributed by atoms with Gasteiger partial charge in [0.1, 0.15) is 10.0 Å². The van der Waals surface area contributed by atoms with Gasteiger partial charge in [0.15, 0.2) is 5.69 Å². The van der Waals surface area contributed by atoms with Gasteiger partial charge in [-0.05, 0) is 43.2 Å². The number of aromatic nitrogens is 3. The number of nitrogens with two attached hydrogens (primary N) is 1. The van der Waals surface area contributed by atoms with E-state index in [-0.39, 0.29) is 17.8 Å². The Morgan fingerprint density at radius 2 is 2.02 bits per heavy atom. The van der Waals surface area contributed by atoms with Crippen LogP contribution in [-0.4, -0.2) is 59.3 Å². The molecule has 11 nitrogen and oxygen atoms in total. The van der Waals surface area contributed by atoms with Crippen LogP contribution >= 0.6 is 11.3 Å². The predicted molar refractivity (Wildman–Crippen MR) is 158 cm³/mol. The average molecular weight is 573 g/mol. The third-order valence-electron chi connectivity index (χ3n) is 7.96. The van der Waals surface area contributed by atoms with Crippen molar-refractivity contribution < 1.29 is 13.9 Å². The lowest BCUT2D eigenvalue weighted by atomic mass is 9.78. The third kappa shape index (κ3) is 4.96. The molecule has 3 aromatic rings. The number of amides is 1. The van der Waals surface area contributed by atoms with Crippen LogP contribution in [0.1, 0.15) is 43.2 Å². The first-order valence-corrected chi connectivity index (χ1v) is 14.9. The number of morpholine rings is 1. The predicted octanol–water partition coefficient (Wildman–Crippen LogP) is 4.07. The highest BCUT2D eigenvalue weighted by molar-refractivity contribution is 7.16. The number of rotatable bonds is 6. The van der Waals surface area contributed by atoms with Crippen LogP contribution in [0.25, 0.3) is 11.6 Å². The Morgan fingerprint density at radius 1 is 1.20 bits per heavy atom. The second kappa shape index (κ2) is 10.5. The van der Waals surface area contributed by atoms with E-state index in [1.807, 2.05) is 24.3 Å². The summed E-state index contributed by atoms with van der Waals surface area (Å²) in [5.74, 6) is 0.325. The molecule has 212 valence electrons.